The third-order valence-corrected chi connectivity index (χ3v) is 1.21. The normalized spacial score (nSPS) is 16.3. The van der Waals surface area contributed by atoms with Crippen molar-refractivity contribution in [2.45, 2.75) is 19.3 Å². The lowest BCUT2D eigenvalue weighted by atomic mass is 10.2. The van der Waals surface area contributed by atoms with Crippen molar-refractivity contribution >= 4 is 20.7 Å². The molecule has 11 heavy (non-hydrogen) atoms. The fraction of sp³-hybridized carbons (Fsp3) is 1.00. The number of hydrogen-bond donors (Lipinski definition) is 3. The van der Waals surface area contributed by atoms with Crippen LogP contribution in [0.1, 0.15) is 19.3 Å². The smallest absolute Gasteiger partial charge is 0.314 e. The number of piperidine rings is 1. The molecule has 0 unspecified atom stereocenters. The molecule has 1 fully saturated rings. The van der Waals surface area contributed by atoms with E-state index in [0.717, 1.165) is 0 Å². The minimum atomic E-state index is -3.13. The van der Waals surface area contributed by atoms with Gasteiger partial charge in [-0.05, 0) is 25.9 Å². The summed E-state index contributed by atoms with van der Waals surface area (Å²) in [5, 5.41) is 3.28. The predicted molar refractivity (Wildman–Crippen MR) is 47.4 cm³/mol. The van der Waals surface area contributed by atoms with Gasteiger partial charge in [-0.15, -0.1) is 12.4 Å². The van der Waals surface area contributed by atoms with Gasteiger partial charge in [0.15, 0.2) is 0 Å². The zero-order valence-corrected chi connectivity index (χ0v) is 8.06. The van der Waals surface area contributed by atoms with Crippen LogP contribution >= 0.6 is 20.7 Å². The van der Waals surface area contributed by atoms with Gasteiger partial charge in [0.25, 0.3) is 0 Å². The third-order valence-electron chi connectivity index (χ3n) is 1.21. The lowest BCUT2D eigenvalue weighted by Gasteiger charge is -2.08. The number of halogens is 1. The Morgan fingerprint density at radius 2 is 1.45 bits per heavy atom. The van der Waals surface area contributed by atoms with Gasteiger partial charge in [0, 0.05) is 0 Å². The summed E-state index contributed by atoms with van der Waals surface area (Å²) in [5.74, 6) is 0. The van der Waals surface area contributed by atoms with E-state index in [1.807, 2.05) is 0 Å². The SMILES string of the molecule is C1CCNCC1.Cl.O=[PH](O)O. The van der Waals surface area contributed by atoms with Gasteiger partial charge >= 0.3 is 8.25 Å². The first kappa shape index (κ1) is 14.0. The first-order valence-corrected chi connectivity index (χ1v) is 4.66. The largest absolute Gasteiger partial charge is 0.326 e. The molecule has 6 heteroatoms. The second-order valence-corrected chi connectivity index (χ2v) is 2.66. The Balaban J connectivity index is 0. The monoisotopic (exact) mass is 203 g/mol. The van der Waals surface area contributed by atoms with Crippen LogP contribution in [0, 0.1) is 0 Å². The molecule has 0 atom stereocenters. The van der Waals surface area contributed by atoms with Crippen molar-refractivity contribution in [2.24, 2.45) is 0 Å². The highest BCUT2D eigenvalue weighted by atomic mass is 35.5. The minimum Gasteiger partial charge on any atom is -0.326 e. The molecule has 0 aliphatic carbocycles. The molecule has 3 N–H and O–H groups in total. The maximum Gasteiger partial charge on any atom is 0.314 e. The van der Waals surface area contributed by atoms with Crippen molar-refractivity contribution in [3.63, 3.8) is 0 Å². The van der Waals surface area contributed by atoms with E-state index >= 15 is 0 Å². The Labute approximate surface area is 73.4 Å². The first-order valence-electron chi connectivity index (χ1n) is 3.36. The summed E-state index contributed by atoms with van der Waals surface area (Å²) < 4.78 is 8.74. The summed E-state index contributed by atoms with van der Waals surface area (Å²) in [4.78, 5) is 14.3. The Morgan fingerprint density at radius 3 is 1.55 bits per heavy atom. The minimum absolute atomic E-state index is 0. The van der Waals surface area contributed by atoms with E-state index in [-0.39, 0.29) is 12.4 Å². The number of nitrogens with one attached hydrogen (secondary N) is 1. The van der Waals surface area contributed by atoms with Crippen molar-refractivity contribution in [1.82, 2.24) is 5.32 Å². The maximum atomic E-state index is 8.74. The van der Waals surface area contributed by atoms with Crippen LogP contribution in [-0.4, -0.2) is 22.9 Å². The van der Waals surface area contributed by atoms with E-state index in [1.165, 1.54) is 32.4 Å². The predicted octanol–water partition coefficient (Wildman–Crippen LogP) is 0.542. The lowest BCUT2D eigenvalue weighted by molar-refractivity contribution is 0.405. The molecule has 0 bridgehead atoms. The molecule has 4 nitrogen and oxygen atoms in total. The molecule has 0 aromatic rings. The van der Waals surface area contributed by atoms with E-state index in [0.29, 0.717) is 0 Å². The van der Waals surface area contributed by atoms with E-state index in [1.54, 1.807) is 0 Å². The summed E-state index contributed by atoms with van der Waals surface area (Å²) in [6.07, 6.45) is 4.22. The van der Waals surface area contributed by atoms with Gasteiger partial charge in [0.2, 0.25) is 0 Å². The second-order valence-electron chi connectivity index (χ2n) is 2.09. The van der Waals surface area contributed by atoms with Gasteiger partial charge < -0.3 is 15.1 Å². The van der Waals surface area contributed by atoms with Gasteiger partial charge in [0.1, 0.15) is 0 Å². The highest BCUT2D eigenvalue weighted by Crippen LogP contribution is 1.98. The van der Waals surface area contributed by atoms with Crippen LogP contribution in [-0.2, 0) is 4.57 Å². The van der Waals surface area contributed by atoms with Crippen LogP contribution in [0.25, 0.3) is 0 Å². The molecule has 0 aromatic heterocycles. The van der Waals surface area contributed by atoms with Crippen LogP contribution in [0.4, 0.5) is 0 Å². The molecule has 1 saturated heterocycles. The summed E-state index contributed by atoms with van der Waals surface area (Å²) in [7, 11) is -3.13. The van der Waals surface area contributed by atoms with Crippen molar-refractivity contribution < 1.29 is 14.4 Å². The van der Waals surface area contributed by atoms with E-state index < -0.39 is 8.25 Å². The van der Waals surface area contributed by atoms with Crippen LogP contribution in [0.15, 0.2) is 0 Å². The number of rotatable bonds is 0. The molecule has 0 amide bonds. The molecule has 70 valence electrons. The highest BCUT2D eigenvalue weighted by Gasteiger charge is 1.93. The lowest BCUT2D eigenvalue weighted by Crippen LogP contribution is -2.21. The third kappa shape index (κ3) is 17.9. The van der Waals surface area contributed by atoms with E-state index in [2.05, 4.69) is 5.32 Å². The van der Waals surface area contributed by atoms with Crippen LogP contribution in [0.3, 0.4) is 0 Å². The van der Waals surface area contributed by atoms with E-state index in [9.17, 15) is 0 Å². The molecule has 0 radical (unpaired) electrons. The quantitative estimate of drug-likeness (QED) is 0.503. The van der Waals surface area contributed by atoms with Crippen LogP contribution in [0.5, 0.6) is 0 Å². The van der Waals surface area contributed by atoms with Crippen molar-refractivity contribution in [3.05, 3.63) is 0 Å². The van der Waals surface area contributed by atoms with Crippen LogP contribution < -0.4 is 5.32 Å². The second kappa shape index (κ2) is 10.4. The number of hydrogen-bond acceptors (Lipinski definition) is 2. The fourth-order valence-corrected chi connectivity index (χ4v) is 0.802. The van der Waals surface area contributed by atoms with Gasteiger partial charge in [-0.25, -0.2) is 0 Å². The zero-order chi connectivity index (χ0) is 7.82. The Bertz CT molecular complexity index is 84.2. The molecule has 0 spiro atoms. The topological polar surface area (TPSA) is 69.6 Å². The molecule has 1 aliphatic heterocycles. The maximum absolute atomic E-state index is 8.74. The highest BCUT2D eigenvalue weighted by molar-refractivity contribution is 7.30. The first-order chi connectivity index (χ1) is 4.73. The van der Waals surface area contributed by atoms with Crippen molar-refractivity contribution in [3.8, 4) is 0 Å². The van der Waals surface area contributed by atoms with Gasteiger partial charge in [-0.3, -0.25) is 4.57 Å². The zero-order valence-electron chi connectivity index (χ0n) is 6.25. The van der Waals surface area contributed by atoms with Crippen molar-refractivity contribution in [1.29, 1.82) is 0 Å². The van der Waals surface area contributed by atoms with E-state index in [4.69, 9.17) is 14.4 Å². The summed E-state index contributed by atoms with van der Waals surface area (Å²) in [6, 6.07) is 0. The standard InChI is InChI=1S/C5H11N.ClH.H3O3P/c1-2-4-6-5-3-1;;1-4(2)3/h6H,1-5H2;1H;4H,(H2,1,2,3). The van der Waals surface area contributed by atoms with Crippen LogP contribution in [0.2, 0.25) is 0 Å². The average molecular weight is 204 g/mol. The summed E-state index contributed by atoms with van der Waals surface area (Å²) in [5.41, 5.74) is 0. The summed E-state index contributed by atoms with van der Waals surface area (Å²) in [6.45, 7) is 2.50. The molecule has 0 saturated carbocycles. The molecular weight excluding hydrogens is 188 g/mol. The van der Waals surface area contributed by atoms with Gasteiger partial charge in [-0.2, -0.15) is 0 Å². The Hall–Kier alpha value is 0.400. The van der Waals surface area contributed by atoms with Gasteiger partial charge in [0.05, 0.1) is 0 Å². The Morgan fingerprint density at radius 1 is 1.09 bits per heavy atom. The fourth-order valence-electron chi connectivity index (χ4n) is 0.802. The Kier molecular flexibility index (Phi) is 13.2. The average Bonchev–Trinajstić information content (AvgIpc) is 1.90. The molecule has 1 rings (SSSR count). The van der Waals surface area contributed by atoms with Gasteiger partial charge in [-0.1, -0.05) is 6.42 Å². The van der Waals surface area contributed by atoms with Crippen molar-refractivity contribution in [2.75, 3.05) is 13.1 Å². The summed E-state index contributed by atoms with van der Waals surface area (Å²) >= 11 is 0. The molecule has 1 heterocycles. The molecule has 1 aliphatic rings. The molecular formula is C5H15ClNO3P. The molecule has 0 aromatic carbocycles.